The van der Waals surface area contributed by atoms with Gasteiger partial charge in [-0.05, 0) is 34.7 Å². The summed E-state index contributed by atoms with van der Waals surface area (Å²) < 4.78 is 13.1. The summed E-state index contributed by atoms with van der Waals surface area (Å²) in [5, 5.41) is 0. The zero-order valence-corrected chi connectivity index (χ0v) is 12.1. The maximum atomic E-state index is 13.1. The molecule has 2 rings (SSSR count). The van der Waals surface area contributed by atoms with Gasteiger partial charge >= 0.3 is 0 Å². The quantitative estimate of drug-likeness (QED) is 0.722. The Labute approximate surface area is 118 Å². The molecule has 1 atom stereocenters. The number of rotatable bonds is 2. The number of hydrogen-bond donors (Lipinski definition) is 0. The molecule has 0 aliphatic rings. The van der Waals surface area contributed by atoms with Gasteiger partial charge < -0.3 is 0 Å². The van der Waals surface area contributed by atoms with Gasteiger partial charge in [-0.1, -0.05) is 39.0 Å². The number of nitrogens with zero attached hydrogens (tertiary/aromatic N) is 1. The third-order valence-electron chi connectivity index (χ3n) is 3.33. The highest BCUT2D eigenvalue weighted by Gasteiger charge is 2.43. The van der Waals surface area contributed by atoms with Gasteiger partial charge in [0.25, 0.3) is 0 Å². The second-order valence-corrected chi connectivity index (χ2v) is 6.22. The molecule has 0 bridgehead atoms. The largest absolute Gasteiger partial charge is 0.264 e. The van der Waals surface area contributed by atoms with Crippen LogP contribution in [0.25, 0.3) is 0 Å². The van der Waals surface area contributed by atoms with Crippen LogP contribution in [0.2, 0.25) is 0 Å². The molecule has 0 fully saturated rings. The first-order chi connectivity index (χ1) is 8.85. The highest BCUT2D eigenvalue weighted by molar-refractivity contribution is 6.26. The van der Waals surface area contributed by atoms with Crippen LogP contribution in [0, 0.1) is 11.2 Å². The first-order valence-corrected chi connectivity index (χ1v) is 6.59. The average molecular weight is 278 g/mol. The minimum Gasteiger partial charge on any atom is -0.264 e. The lowest BCUT2D eigenvalue weighted by atomic mass is 9.72. The topological polar surface area (TPSA) is 12.9 Å². The second kappa shape index (κ2) is 4.93. The van der Waals surface area contributed by atoms with Crippen LogP contribution in [0.3, 0.4) is 0 Å². The normalized spacial score (nSPS) is 15.0. The lowest BCUT2D eigenvalue weighted by Crippen LogP contribution is -2.36. The van der Waals surface area contributed by atoms with Crippen molar-refractivity contribution in [3.63, 3.8) is 0 Å². The molecule has 0 saturated heterocycles. The average Bonchev–Trinajstić information content (AvgIpc) is 2.38. The minimum absolute atomic E-state index is 0.241. The van der Waals surface area contributed by atoms with E-state index in [4.69, 9.17) is 11.6 Å². The van der Waals surface area contributed by atoms with Gasteiger partial charge in [-0.2, -0.15) is 0 Å². The van der Waals surface area contributed by atoms with Crippen LogP contribution in [0.5, 0.6) is 0 Å². The summed E-state index contributed by atoms with van der Waals surface area (Å²) in [6.07, 6.45) is 3.48. The Bertz CT molecular complexity index is 545. The van der Waals surface area contributed by atoms with Crippen LogP contribution in [0.15, 0.2) is 48.8 Å². The Morgan fingerprint density at radius 3 is 2.11 bits per heavy atom. The minimum atomic E-state index is -0.741. The van der Waals surface area contributed by atoms with Crippen LogP contribution < -0.4 is 0 Å². The lowest BCUT2D eigenvalue weighted by Gasteiger charge is -2.40. The molecule has 1 unspecified atom stereocenters. The van der Waals surface area contributed by atoms with Crippen molar-refractivity contribution in [2.24, 2.45) is 5.41 Å². The third-order valence-corrected chi connectivity index (χ3v) is 4.34. The number of halogens is 2. The molecule has 0 aliphatic carbocycles. The van der Waals surface area contributed by atoms with Crippen LogP contribution >= 0.6 is 11.6 Å². The first kappa shape index (κ1) is 14.0. The third kappa shape index (κ3) is 2.50. The molecule has 100 valence electrons. The van der Waals surface area contributed by atoms with Gasteiger partial charge in [-0.15, -0.1) is 11.6 Å². The van der Waals surface area contributed by atoms with Crippen LogP contribution in [0.4, 0.5) is 4.39 Å². The van der Waals surface area contributed by atoms with Gasteiger partial charge in [0.2, 0.25) is 0 Å². The maximum Gasteiger partial charge on any atom is 0.123 e. The fourth-order valence-corrected chi connectivity index (χ4v) is 2.52. The summed E-state index contributed by atoms with van der Waals surface area (Å²) in [6.45, 7) is 6.20. The smallest absolute Gasteiger partial charge is 0.123 e. The molecule has 0 aliphatic heterocycles. The van der Waals surface area contributed by atoms with E-state index >= 15 is 0 Å². The van der Waals surface area contributed by atoms with Gasteiger partial charge in [0, 0.05) is 12.4 Å². The maximum absolute atomic E-state index is 13.1. The van der Waals surface area contributed by atoms with E-state index in [9.17, 15) is 4.39 Å². The fraction of sp³-hybridized carbons (Fsp3) is 0.312. The molecule has 0 amide bonds. The number of hydrogen-bond acceptors (Lipinski definition) is 1. The summed E-state index contributed by atoms with van der Waals surface area (Å²) in [7, 11) is 0. The molecule has 3 heteroatoms. The molecular weight excluding hydrogens is 261 g/mol. The molecule has 1 aromatic carbocycles. The summed E-state index contributed by atoms with van der Waals surface area (Å²) in [5.74, 6) is -0.261. The van der Waals surface area contributed by atoms with Crippen LogP contribution in [0.1, 0.15) is 31.9 Å². The monoisotopic (exact) mass is 277 g/mol. The molecule has 1 nitrogen and oxygen atoms in total. The second-order valence-electron chi connectivity index (χ2n) is 5.66. The summed E-state index contributed by atoms with van der Waals surface area (Å²) in [5.41, 5.74) is 1.54. The SMILES string of the molecule is CC(C)(C)C(Cl)(c1ccc(F)cc1)c1cccnc1. The van der Waals surface area contributed by atoms with E-state index < -0.39 is 4.87 Å². The van der Waals surface area contributed by atoms with Crippen molar-refractivity contribution in [2.45, 2.75) is 25.6 Å². The van der Waals surface area contributed by atoms with E-state index in [2.05, 4.69) is 25.8 Å². The highest BCUT2D eigenvalue weighted by Crippen LogP contribution is 2.49. The van der Waals surface area contributed by atoms with Crippen LogP contribution in [-0.2, 0) is 4.87 Å². The van der Waals surface area contributed by atoms with E-state index in [1.54, 1.807) is 24.5 Å². The van der Waals surface area contributed by atoms with Gasteiger partial charge in [0.15, 0.2) is 0 Å². The Hall–Kier alpha value is -1.41. The molecule has 0 N–H and O–H groups in total. The number of benzene rings is 1. The number of alkyl halides is 1. The van der Waals surface area contributed by atoms with Gasteiger partial charge in [0.05, 0.1) is 0 Å². The van der Waals surface area contributed by atoms with Crippen molar-refractivity contribution in [2.75, 3.05) is 0 Å². The summed E-state index contributed by atoms with van der Waals surface area (Å²) >= 11 is 6.96. The Morgan fingerprint density at radius 2 is 1.63 bits per heavy atom. The molecule has 0 spiro atoms. The molecular formula is C16H17ClFN. The standard InChI is InChI=1S/C16H17ClFN/c1-15(2,3)16(17,13-5-4-10-19-11-13)12-6-8-14(18)9-7-12/h4-11H,1-3H3. The molecule has 19 heavy (non-hydrogen) atoms. The molecule has 0 radical (unpaired) electrons. The zero-order chi connectivity index (χ0) is 14.1. The predicted molar refractivity (Wildman–Crippen MR) is 76.7 cm³/mol. The summed E-state index contributed by atoms with van der Waals surface area (Å²) in [6, 6.07) is 10.2. The Balaban J connectivity index is 2.63. The first-order valence-electron chi connectivity index (χ1n) is 6.21. The zero-order valence-electron chi connectivity index (χ0n) is 11.3. The molecule has 1 heterocycles. The van der Waals surface area contributed by atoms with E-state index in [1.807, 2.05) is 12.1 Å². The van der Waals surface area contributed by atoms with Crippen molar-refractivity contribution in [1.29, 1.82) is 0 Å². The van der Waals surface area contributed by atoms with E-state index in [0.29, 0.717) is 0 Å². The number of aromatic nitrogens is 1. The van der Waals surface area contributed by atoms with E-state index in [0.717, 1.165) is 11.1 Å². The van der Waals surface area contributed by atoms with Crippen molar-refractivity contribution in [1.82, 2.24) is 4.98 Å². The Morgan fingerprint density at radius 1 is 1.00 bits per heavy atom. The van der Waals surface area contributed by atoms with Crippen LogP contribution in [-0.4, -0.2) is 4.98 Å². The Kier molecular flexibility index (Phi) is 3.64. The highest BCUT2D eigenvalue weighted by atomic mass is 35.5. The summed E-state index contributed by atoms with van der Waals surface area (Å²) in [4.78, 5) is 3.41. The van der Waals surface area contributed by atoms with E-state index in [-0.39, 0.29) is 11.2 Å². The van der Waals surface area contributed by atoms with Crippen molar-refractivity contribution in [3.8, 4) is 0 Å². The number of pyridine rings is 1. The van der Waals surface area contributed by atoms with Crippen molar-refractivity contribution >= 4 is 11.6 Å². The van der Waals surface area contributed by atoms with E-state index in [1.165, 1.54) is 12.1 Å². The predicted octanol–water partition coefficient (Wildman–Crippen LogP) is 4.75. The lowest BCUT2D eigenvalue weighted by molar-refractivity contribution is 0.317. The molecule has 1 aromatic heterocycles. The van der Waals surface area contributed by atoms with Gasteiger partial charge in [-0.25, -0.2) is 4.39 Å². The molecule has 2 aromatic rings. The van der Waals surface area contributed by atoms with Crippen molar-refractivity contribution < 1.29 is 4.39 Å². The van der Waals surface area contributed by atoms with Gasteiger partial charge in [0.1, 0.15) is 10.7 Å². The van der Waals surface area contributed by atoms with Crippen molar-refractivity contribution in [3.05, 3.63) is 65.7 Å². The molecule has 0 saturated carbocycles. The fourth-order valence-electron chi connectivity index (χ4n) is 2.28. The van der Waals surface area contributed by atoms with Gasteiger partial charge in [-0.3, -0.25) is 4.98 Å².